The van der Waals surface area contributed by atoms with E-state index in [9.17, 15) is 14.9 Å². The van der Waals surface area contributed by atoms with Gasteiger partial charge >= 0.3 is 0 Å². The van der Waals surface area contributed by atoms with Crippen LogP contribution in [0.25, 0.3) is 10.8 Å². The maximum Gasteiger partial charge on any atom is 0.278 e. The Kier molecular flexibility index (Phi) is 4.83. The molecule has 0 bridgehead atoms. The number of anilines is 1. The molecule has 132 valence electrons. The summed E-state index contributed by atoms with van der Waals surface area (Å²) in [6, 6.07) is 4.51. The van der Waals surface area contributed by atoms with Crippen LogP contribution in [0.15, 0.2) is 30.6 Å². The first-order chi connectivity index (χ1) is 12.0. The molecule has 1 saturated heterocycles. The molecule has 1 atom stereocenters. The van der Waals surface area contributed by atoms with Crippen molar-refractivity contribution in [3.63, 3.8) is 0 Å². The highest BCUT2D eigenvalue weighted by atomic mass is 16.6. The molecule has 1 fully saturated rings. The number of carbonyl (C=O) groups is 1. The van der Waals surface area contributed by atoms with Gasteiger partial charge in [0.15, 0.2) is 0 Å². The smallest absolute Gasteiger partial charge is 0.278 e. The van der Waals surface area contributed by atoms with Crippen molar-refractivity contribution in [3.8, 4) is 0 Å². The number of nitro benzene ring substituents is 1. The standard InChI is InChI=1S/C18H22N4O3/c1-12(2)17(18(23)21-9-3-4-10-21)20-15-5-6-16(22(24)25)14-11-19-8-7-13(14)15/h5-8,11-12,17,20H,3-4,9-10H2,1-2H3/t17-/m0/s1. The van der Waals surface area contributed by atoms with Crippen LogP contribution in [-0.4, -0.2) is 39.8 Å². The van der Waals surface area contributed by atoms with Crippen LogP contribution in [-0.2, 0) is 4.79 Å². The lowest BCUT2D eigenvalue weighted by molar-refractivity contribution is -0.383. The van der Waals surface area contributed by atoms with Crippen molar-refractivity contribution in [2.24, 2.45) is 5.92 Å². The summed E-state index contributed by atoms with van der Waals surface area (Å²) >= 11 is 0. The van der Waals surface area contributed by atoms with Gasteiger partial charge in [0.05, 0.1) is 10.3 Å². The molecule has 0 unspecified atom stereocenters. The highest BCUT2D eigenvalue weighted by Crippen LogP contribution is 2.31. The Morgan fingerprint density at radius 3 is 2.60 bits per heavy atom. The summed E-state index contributed by atoms with van der Waals surface area (Å²) < 4.78 is 0. The number of likely N-dealkylation sites (tertiary alicyclic amines) is 1. The van der Waals surface area contributed by atoms with Crippen LogP contribution in [0.3, 0.4) is 0 Å². The number of amides is 1. The molecule has 1 aliphatic heterocycles. The van der Waals surface area contributed by atoms with E-state index >= 15 is 0 Å². The Labute approximate surface area is 146 Å². The van der Waals surface area contributed by atoms with Crippen LogP contribution in [0.2, 0.25) is 0 Å². The average molecular weight is 342 g/mol. The van der Waals surface area contributed by atoms with Crippen LogP contribution in [0.5, 0.6) is 0 Å². The Morgan fingerprint density at radius 2 is 1.96 bits per heavy atom. The van der Waals surface area contributed by atoms with Gasteiger partial charge in [-0.15, -0.1) is 0 Å². The quantitative estimate of drug-likeness (QED) is 0.666. The lowest BCUT2D eigenvalue weighted by Crippen LogP contribution is -2.44. The summed E-state index contributed by atoms with van der Waals surface area (Å²) in [5.41, 5.74) is 0.731. The van der Waals surface area contributed by atoms with Crippen molar-refractivity contribution in [3.05, 3.63) is 40.7 Å². The fraction of sp³-hybridized carbons (Fsp3) is 0.444. The molecule has 1 aliphatic rings. The molecular weight excluding hydrogens is 320 g/mol. The third kappa shape index (κ3) is 3.40. The molecule has 1 aromatic heterocycles. The zero-order chi connectivity index (χ0) is 18.0. The van der Waals surface area contributed by atoms with Gasteiger partial charge in [0, 0.05) is 42.6 Å². The van der Waals surface area contributed by atoms with Crippen LogP contribution >= 0.6 is 0 Å². The van der Waals surface area contributed by atoms with Crippen LogP contribution in [0, 0.1) is 16.0 Å². The molecular formula is C18H22N4O3. The van der Waals surface area contributed by atoms with Crippen molar-refractivity contribution in [1.82, 2.24) is 9.88 Å². The minimum atomic E-state index is -0.414. The van der Waals surface area contributed by atoms with Crippen molar-refractivity contribution >= 4 is 28.1 Å². The Morgan fingerprint density at radius 1 is 1.24 bits per heavy atom. The van der Waals surface area contributed by atoms with Gasteiger partial charge in [-0.2, -0.15) is 0 Å². The van der Waals surface area contributed by atoms with Gasteiger partial charge in [-0.1, -0.05) is 13.8 Å². The molecule has 0 radical (unpaired) electrons. The minimum Gasteiger partial charge on any atom is -0.373 e. The topological polar surface area (TPSA) is 88.4 Å². The number of hydrogen-bond acceptors (Lipinski definition) is 5. The molecule has 0 saturated carbocycles. The summed E-state index contributed by atoms with van der Waals surface area (Å²) in [6.45, 7) is 5.60. The van der Waals surface area contributed by atoms with Crippen LogP contribution < -0.4 is 5.32 Å². The summed E-state index contributed by atoms with van der Waals surface area (Å²) in [4.78, 5) is 29.6. The third-order valence-electron chi connectivity index (χ3n) is 4.65. The lowest BCUT2D eigenvalue weighted by Gasteiger charge is -2.28. The largest absolute Gasteiger partial charge is 0.373 e. The SMILES string of the molecule is CC(C)[C@H](Nc1ccc([N+](=O)[O-])c2cnccc12)C(=O)N1CCCC1. The maximum atomic E-state index is 12.8. The number of nitrogens with zero attached hydrogens (tertiary/aromatic N) is 3. The second-order valence-electron chi connectivity index (χ2n) is 6.71. The Balaban J connectivity index is 1.96. The fourth-order valence-corrected chi connectivity index (χ4v) is 3.28. The zero-order valence-corrected chi connectivity index (χ0v) is 14.4. The van der Waals surface area contributed by atoms with Gasteiger partial charge in [0.2, 0.25) is 5.91 Å². The first-order valence-corrected chi connectivity index (χ1v) is 8.55. The lowest BCUT2D eigenvalue weighted by atomic mass is 10.0. The molecule has 7 nitrogen and oxygen atoms in total. The number of aromatic nitrogens is 1. The van der Waals surface area contributed by atoms with Gasteiger partial charge in [-0.3, -0.25) is 19.9 Å². The summed E-state index contributed by atoms with van der Waals surface area (Å²) in [5.74, 6) is 0.188. The summed E-state index contributed by atoms with van der Waals surface area (Å²) in [5, 5.41) is 15.7. The third-order valence-corrected chi connectivity index (χ3v) is 4.65. The van der Waals surface area contributed by atoms with E-state index in [4.69, 9.17) is 0 Å². The number of nitro groups is 1. The van der Waals surface area contributed by atoms with Crippen molar-refractivity contribution in [2.45, 2.75) is 32.7 Å². The molecule has 1 aromatic carbocycles. The Hall–Kier alpha value is -2.70. The number of pyridine rings is 1. The van der Waals surface area contributed by atoms with Gasteiger partial charge in [0.1, 0.15) is 6.04 Å². The van der Waals surface area contributed by atoms with E-state index in [1.54, 1.807) is 18.3 Å². The van der Waals surface area contributed by atoms with E-state index < -0.39 is 4.92 Å². The van der Waals surface area contributed by atoms with Gasteiger partial charge in [-0.05, 0) is 30.9 Å². The number of nitrogens with one attached hydrogen (secondary N) is 1. The fourth-order valence-electron chi connectivity index (χ4n) is 3.28. The first-order valence-electron chi connectivity index (χ1n) is 8.55. The second-order valence-corrected chi connectivity index (χ2v) is 6.71. The van der Waals surface area contributed by atoms with Gasteiger partial charge in [0.25, 0.3) is 5.69 Å². The molecule has 2 aromatic rings. The first kappa shape index (κ1) is 17.1. The predicted molar refractivity (Wildman–Crippen MR) is 96.5 cm³/mol. The highest BCUT2D eigenvalue weighted by molar-refractivity contribution is 6.00. The molecule has 0 spiro atoms. The number of fused-ring (bicyclic) bond motifs is 1. The molecule has 3 rings (SSSR count). The average Bonchev–Trinajstić information content (AvgIpc) is 3.13. The minimum absolute atomic E-state index is 0.0145. The normalized spacial score (nSPS) is 15.6. The monoisotopic (exact) mass is 342 g/mol. The number of hydrogen-bond donors (Lipinski definition) is 1. The summed E-state index contributed by atoms with van der Waals surface area (Å²) in [6.07, 6.45) is 5.18. The van der Waals surface area contributed by atoms with Crippen LogP contribution in [0.4, 0.5) is 11.4 Å². The van der Waals surface area contributed by atoms with Gasteiger partial charge in [-0.25, -0.2) is 0 Å². The number of non-ortho nitro benzene ring substituents is 1. The van der Waals surface area contributed by atoms with E-state index in [0.29, 0.717) is 16.5 Å². The van der Waals surface area contributed by atoms with E-state index in [2.05, 4.69) is 10.3 Å². The number of rotatable bonds is 5. The maximum absolute atomic E-state index is 12.8. The highest BCUT2D eigenvalue weighted by Gasteiger charge is 2.29. The van der Waals surface area contributed by atoms with E-state index in [1.807, 2.05) is 18.7 Å². The van der Waals surface area contributed by atoms with Crippen molar-refractivity contribution in [2.75, 3.05) is 18.4 Å². The molecule has 25 heavy (non-hydrogen) atoms. The molecule has 1 amide bonds. The number of carbonyl (C=O) groups excluding carboxylic acids is 1. The van der Waals surface area contributed by atoms with Crippen molar-refractivity contribution < 1.29 is 9.72 Å². The van der Waals surface area contributed by atoms with Crippen molar-refractivity contribution in [1.29, 1.82) is 0 Å². The Bertz CT molecular complexity index is 800. The van der Waals surface area contributed by atoms with Gasteiger partial charge < -0.3 is 10.2 Å². The molecule has 0 aliphatic carbocycles. The zero-order valence-electron chi connectivity index (χ0n) is 14.4. The van der Waals surface area contributed by atoms with E-state index in [-0.39, 0.29) is 23.6 Å². The number of benzene rings is 1. The molecule has 1 N–H and O–H groups in total. The second kappa shape index (κ2) is 7.04. The van der Waals surface area contributed by atoms with E-state index in [0.717, 1.165) is 25.9 Å². The predicted octanol–water partition coefficient (Wildman–Crippen LogP) is 3.20. The van der Waals surface area contributed by atoms with E-state index in [1.165, 1.54) is 12.3 Å². The molecule has 2 heterocycles. The summed E-state index contributed by atoms with van der Waals surface area (Å²) in [7, 11) is 0. The molecule has 7 heteroatoms. The van der Waals surface area contributed by atoms with Crippen LogP contribution in [0.1, 0.15) is 26.7 Å².